The van der Waals surface area contributed by atoms with E-state index in [1.165, 1.54) is 22.3 Å². The molecule has 1 radical (unpaired) electrons. The van der Waals surface area contributed by atoms with Crippen molar-refractivity contribution in [2.24, 2.45) is 4.99 Å². The SMILES string of the molecule is Cc1cc(C)c(/C(=C2\C=CC=N2)c2ccc[n-]2)c(C)c1.O=C1c2ccccc2-c2cnc(-c3[c-]cccc3)c3cccc1c23.[Ir]. The molecule has 0 N–H and O–H groups in total. The standard InChI is InChI=1S/C22H12NO.C18H17N2.Ir/c24-22-16-10-5-4-9-15(16)19-13-23-21(14-7-2-1-3-8-14)17-11-6-12-18(22)20(17)19;1-12-10-13(2)17(14(3)11-12)18(15-6-4-8-19-15)16-7-5-9-20-16;/h1-7,9-13H;4-11H,1-3H3;/q2*-1;/b;18-15+;. The van der Waals surface area contributed by atoms with Crippen LogP contribution in [0.2, 0.25) is 0 Å². The maximum Gasteiger partial charge on any atom is 0.194 e. The average molecular weight is 760 g/mol. The molecule has 5 heteroatoms. The van der Waals surface area contributed by atoms with Crippen molar-refractivity contribution in [2.45, 2.75) is 20.8 Å². The third kappa shape index (κ3) is 5.46. The Morgan fingerprint density at radius 1 is 0.800 bits per heavy atom. The molecule has 45 heavy (non-hydrogen) atoms. The Kier molecular flexibility index (Phi) is 8.40. The minimum atomic E-state index is 0. The Hall–Kier alpha value is -4.96. The zero-order valence-corrected chi connectivity index (χ0v) is 27.5. The first kappa shape index (κ1) is 30.1. The van der Waals surface area contributed by atoms with Gasteiger partial charge >= 0.3 is 0 Å². The molecular formula is C40H29IrN3O-2. The van der Waals surface area contributed by atoms with E-state index in [0.29, 0.717) is 0 Å². The van der Waals surface area contributed by atoms with Gasteiger partial charge in [0.15, 0.2) is 5.78 Å². The molecule has 8 rings (SSSR count). The first-order chi connectivity index (χ1) is 21.5. The Labute approximate surface area is 276 Å². The van der Waals surface area contributed by atoms with Crippen LogP contribution in [0.5, 0.6) is 0 Å². The van der Waals surface area contributed by atoms with Gasteiger partial charge in [-0.25, -0.2) is 0 Å². The van der Waals surface area contributed by atoms with Crippen molar-refractivity contribution < 1.29 is 24.9 Å². The van der Waals surface area contributed by atoms with E-state index >= 15 is 0 Å². The number of aryl methyl sites for hydroxylation is 3. The molecule has 0 fully saturated rings. The van der Waals surface area contributed by atoms with E-state index < -0.39 is 0 Å². The van der Waals surface area contributed by atoms with Gasteiger partial charge in [0.1, 0.15) is 0 Å². The second-order valence-corrected chi connectivity index (χ2v) is 11.1. The van der Waals surface area contributed by atoms with Gasteiger partial charge in [0.25, 0.3) is 0 Å². The molecule has 1 aliphatic carbocycles. The van der Waals surface area contributed by atoms with E-state index in [1.54, 1.807) is 0 Å². The van der Waals surface area contributed by atoms with E-state index in [-0.39, 0.29) is 25.9 Å². The van der Waals surface area contributed by atoms with Crippen molar-refractivity contribution in [2.75, 3.05) is 0 Å². The monoisotopic (exact) mass is 760 g/mol. The maximum atomic E-state index is 12.9. The van der Waals surface area contributed by atoms with Gasteiger partial charge in [-0.15, -0.1) is 41.6 Å². The largest absolute Gasteiger partial charge is 0.664 e. The van der Waals surface area contributed by atoms with Crippen molar-refractivity contribution in [3.05, 3.63) is 166 Å². The number of pyridine rings is 1. The molecule has 4 aromatic carbocycles. The summed E-state index contributed by atoms with van der Waals surface area (Å²) in [6.45, 7) is 6.44. The van der Waals surface area contributed by atoms with Crippen molar-refractivity contribution in [1.29, 1.82) is 0 Å². The summed E-state index contributed by atoms with van der Waals surface area (Å²) in [6.07, 6.45) is 9.56. The van der Waals surface area contributed by atoms with Gasteiger partial charge in [0.2, 0.25) is 0 Å². The van der Waals surface area contributed by atoms with Gasteiger partial charge in [-0.2, -0.15) is 6.20 Å². The normalized spacial score (nSPS) is 13.6. The van der Waals surface area contributed by atoms with Gasteiger partial charge in [0, 0.05) is 49.2 Å². The van der Waals surface area contributed by atoms with Gasteiger partial charge < -0.3 is 9.97 Å². The molecule has 0 saturated heterocycles. The van der Waals surface area contributed by atoms with Crippen LogP contribution in [0.4, 0.5) is 0 Å². The number of hydrogen-bond acceptors (Lipinski definition) is 3. The molecule has 0 atom stereocenters. The molecule has 2 aliphatic rings. The van der Waals surface area contributed by atoms with Crippen molar-refractivity contribution in [3.8, 4) is 22.4 Å². The molecule has 221 valence electrons. The molecule has 0 unspecified atom stereocenters. The van der Waals surface area contributed by atoms with E-state index in [0.717, 1.165) is 61.2 Å². The predicted molar refractivity (Wildman–Crippen MR) is 179 cm³/mol. The van der Waals surface area contributed by atoms with E-state index in [1.807, 2.05) is 110 Å². The fourth-order valence-corrected chi connectivity index (χ4v) is 6.37. The summed E-state index contributed by atoms with van der Waals surface area (Å²) in [7, 11) is 0. The second-order valence-electron chi connectivity index (χ2n) is 11.1. The van der Waals surface area contributed by atoms with Crippen LogP contribution in [0, 0.1) is 26.8 Å². The smallest absolute Gasteiger partial charge is 0.194 e. The molecule has 1 aliphatic heterocycles. The van der Waals surface area contributed by atoms with Gasteiger partial charge in [-0.3, -0.25) is 9.79 Å². The van der Waals surface area contributed by atoms with Crippen LogP contribution in [0.15, 0.2) is 126 Å². The van der Waals surface area contributed by atoms with E-state index in [4.69, 9.17) is 4.98 Å². The quantitative estimate of drug-likeness (QED) is 0.169. The molecule has 0 bridgehead atoms. The minimum absolute atomic E-state index is 0. The summed E-state index contributed by atoms with van der Waals surface area (Å²) in [4.78, 5) is 26.6. The third-order valence-electron chi connectivity index (χ3n) is 8.13. The van der Waals surface area contributed by atoms with Crippen molar-refractivity contribution in [1.82, 2.24) is 9.97 Å². The van der Waals surface area contributed by atoms with E-state index in [9.17, 15) is 4.79 Å². The number of aromatic nitrogens is 2. The Bertz CT molecular complexity index is 2120. The number of ketones is 1. The summed E-state index contributed by atoms with van der Waals surface area (Å²) in [5, 5.41) is 1.98. The van der Waals surface area contributed by atoms with Crippen LogP contribution in [0.1, 0.15) is 43.9 Å². The number of hydrogen-bond donors (Lipinski definition) is 0. The molecule has 6 aromatic rings. The van der Waals surface area contributed by atoms with Crippen LogP contribution < -0.4 is 4.98 Å². The number of aliphatic imine (C=N–C) groups is 1. The summed E-state index contributed by atoms with van der Waals surface area (Å²) < 4.78 is 0. The average Bonchev–Trinajstić information content (AvgIpc) is 3.78. The number of rotatable bonds is 3. The molecule has 3 heterocycles. The maximum absolute atomic E-state index is 12.9. The van der Waals surface area contributed by atoms with Crippen LogP contribution >= 0.6 is 0 Å². The van der Waals surface area contributed by atoms with E-state index in [2.05, 4.69) is 48.9 Å². The molecule has 2 aromatic heterocycles. The van der Waals surface area contributed by atoms with Gasteiger partial charge in [-0.05, 0) is 77.2 Å². The predicted octanol–water partition coefficient (Wildman–Crippen LogP) is 8.88. The first-order valence-corrected chi connectivity index (χ1v) is 14.7. The minimum Gasteiger partial charge on any atom is -0.664 e. The van der Waals surface area contributed by atoms with Crippen LogP contribution in [-0.2, 0) is 20.1 Å². The summed E-state index contributed by atoms with van der Waals surface area (Å²) in [6, 6.07) is 33.1. The molecule has 0 amide bonds. The zero-order chi connectivity index (χ0) is 30.2. The van der Waals surface area contributed by atoms with Crippen LogP contribution in [-0.4, -0.2) is 17.0 Å². The summed E-state index contributed by atoms with van der Waals surface area (Å²) in [5.74, 6) is 0.0814. The fourth-order valence-electron chi connectivity index (χ4n) is 6.37. The molecular weight excluding hydrogens is 731 g/mol. The Balaban J connectivity index is 0.000000158. The molecule has 0 saturated carbocycles. The second kappa shape index (κ2) is 12.6. The number of carbonyl (C=O) groups excluding carboxylic acids is 1. The van der Waals surface area contributed by atoms with Crippen LogP contribution in [0.3, 0.4) is 0 Å². The number of allylic oxidation sites excluding steroid dienone is 2. The van der Waals surface area contributed by atoms with Crippen molar-refractivity contribution in [3.63, 3.8) is 0 Å². The summed E-state index contributed by atoms with van der Waals surface area (Å²) in [5.41, 5.74) is 13.4. The zero-order valence-electron chi connectivity index (χ0n) is 25.1. The third-order valence-corrected chi connectivity index (χ3v) is 8.13. The van der Waals surface area contributed by atoms with Crippen molar-refractivity contribution >= 4 is 28.3 Å². The topological polar surface area (TPSA) is 56.4 Å². The number of fused-ring (bicyclic) bond motifs is 2. The van der Waals surface area contributed by atoms with Gasteiger partial charge in [0.05, 0.1) is 5.70 Å². The van der Waals surface area contributed by atoms with Crippen LogP contribution in [0.25, 0.3) is 38.7 Å². The van der Waals surface area contributed by atoms with Gasteiger partial charge in [-0.1, -0.05) is 72.3 Å². The Morgan fingerprint density at radius 3 is 2.24 bits per heavy atom. The molecule has 0 spiro atoms. The number of benzene rings is 4. The Morgan fingerprint density at radius 2 is 1.56 bits per heavy atom. The number of nitrogens with zero attached hydrogens (tertiary/aromatic N) is 3. The molecule has 4 nitrogen and oxygen atoms in total. The summed E-state index contributed by atoms with van der Waals surface area (Å²) >= 11 is 0. The fraction of sp³-hybridized carbons (Fsp3) is 0.0750. The first-order valence-electron chi connectivity index (χ1n) is 14.7. The number of carbonyl (C=O) groups is 1.